The molecule has 0 aromatic carbocycles. The molecular weight excluding hydrogens is 194 g/mol. The van der Waals surface area contributed by atoms with Crippen molar-refractivity contribution in [2.45, 2.75) is 32.6 Å². The molecule has 0 aliphatic heterocycles. The lowest BCUT2D eigenvalue weighted by Crippen LogP contribution is -2.14. The van der Waals surface area contributed by atoms with Crippen LogP contribution in [0.5, 0.6) is 0 Å². The maximum absolute atomic E-state index is 9.76. The van der Waals surface area contributed by atoms with Gasteiger partial charge in [-0.3, -0.25) is 4.79 Å². The molecule has 0 saturated heterocycles. The van der Waals surface area contributed by atoms with Crippen molar-refractivity contribution in [3.8, 4) is 0 Å². The van der Waals surface area contributed by atoms with Crippen molar-refractivity contribution in [3.05, 3.63) is 0 Å². The molecule has 1 N–H and O–H groups in total. The van der Waals surface area contributed by atoms with Crippen molar-refractivity contribution >= 4 is 5.97 Å². The van der Waals surface area contributed by atoms with Crippen LogP contribution in [0.25, 0.3) is 0 Å². The molecule has 15 heavy (non-hydrogen) atoms. The number of hydrogen-bond donors (Lipinski definition) is 1. The zero-order valence-electron chi connectivity index (χ0n) is 10.5. The average molecular weight is 219 g/mol. The molecule has 0 aromatic rings. The molecular formula is C11H25NO3. The summed E-state index contributed by atoms with van der Waals surface area (Å²) >= 11 is 0. The van der Waals surface area contributed by atoms with Crippen LogP contribution in [0.4, 0.5) is 0 Å². The number of carbonyl (C=O) groups is 1. The van der Waals surface area contributed by atoms with Gasteiger partial charge < -0.3 is 14.7 Å². The fourth-order valence-electron chi connectivity index (χ4n) is 0.853. The van der Waals surface area contributed by atoms with Crippen LogP contribution in [0.2, 0.25) is 0 Å². The Morgan fingerprint density at radius 2 is 1.93 bits per heavy atom. The molecule has 0 rings (SSSR count). The molecule has 0 radical (unpaired) electrons. The molecule has 0 aliphatic carbocycles. The fraction of sp³-hybridized carbons (Fsp3) is 0.909. The molecule has 0 saturated carbocycles. The number of hydrogen-bond acceptors (Lipinski definition) is 3. The number of methoxy groups -OCH3 is 1. The second-order valence-corrected chi connectivity index (χ2v) is 3.65. The third kappa shape index (κ3) is 24.7. The zero-order chi connectivity index (χ0) is 12.1. The summed E-state index contributed by atoms with van der Waals surface area (Å²) in [4.78, 5) is 11.9. The van der Waals surface area contributed by atoms with Gasteiger partial charge in [0.25, 0.3) is 0 Å². The number of aliphatic carboxylic acids is 1. The Kier molecular flexibility index (Phi) is 15.0. The Morgan fingerprint density at radius 1 is 1.33 bits per heavy atom. The van der Waals surface area contributed by atoms with Gasteiger partial charge in [0.15, 0.2) is 0 Å². The summed E-state index contributed by atoms with van der Waals surface area (Å²) in [5, 5.41) is 8.04. The molecule has 0 amide bonds. The Bertz CT molecular complexity index is 138. The first-order chi connectivity index (χ1) is 7.04. The summed E-state index contributed by atoms with van der Waals surface area (Å²) in [5.41, 5.74) is 0. The Hall–Kier alpha value is -0.610. The Morgan fingerprint density at radius 3 is 2.20 bits per heavy atom. The summed E-state index contributed by atoms with van der Waals surface area (Å²) < 4.78 is 4.87. The van der Waals surface area contributed by atoms with E-state index in [4.69, 9.17) is 9.84 Å². The second kappa shape index (κ2) is 13.4. The third-order valence-electron chi connectivity index (χ3n) is 1.70. The maximum atomic E-state index is 9.76. The summed E-state index contributed by atoms with van der Waals surface area (Å²) in [5.74, 6) is -0.693. The molecule has 0 atom stereocenters. The minimum absolute atomic E-state index is 0.316. The van der Waals surface area contributed by atoms with Gasteiger partial charge in [0.1, 0.15) is 0 Å². The van der Waals surface area contributed by atoms with E-state index >= 15 is 0 Å². The summed E-state index contributed by atoms with van der Waals surface area (Å²) in [6.45, 7) is 3.97. The van der Waals surface area contributed by atoms with Crippen LogP contribution in [0.15, 0.2) is 0 Å². The normalized spacial score (nSPS) is 9.67. The highest BCUT2D eigenvalue weighted by Crippen LogP contribution is 1.91. The highest BCUT2D eigenvalue weighted by Gasteiger charge is 1.90. The number of rotatable bonds is 7. The van der Waals surface area contributed by atoms with Crippen molar-refractivity contribution in [2.75, 3.05) is 34.4 Å². The largest absolute Gasteiger partial charge is 0.481 e. The molecule has 0 spiro atoms. The quantitative estimate of drug-likeness (QED) is 0.664. The molecule has 0 heterocycles. The standard InChI is InChI=1S/C6H15NO.C5H10O2/c1-7(2)5-4-6-8-3;1-2-3-4-5(6)7/h4-6H2,1-3H3;2-4H2,1H3,(H,6,7). The number of unbranched alkanes of at least 4 members (excludes halogenated alkanes) is 1. The number of nitrogens with zero attached hydrogens (tertiary/aromatic N) is 1. The molecule has 0 unspecified atom stereocenters. The molecule has 92 valence electrons. The highest BCUT2D eigenvalue weighted by atomic mass is 16.5. The van der Waals surface area contributed by atoms with E-state index in [9.17, 15) is 4.79 Å². The summed E-state index contributed by atoms with van der Waals surface area (Å²) in [6.07, 6.45) is 3.21. The van der Waals surface area contributed by atoms with Crippen LogP contribution in [0.3, 0.4) is 0 Å². The predicted octanol–water partition coefficient (Wildman–Crippen LogP) is 1.85. The molecule has 0 fully saturated rings. The lowest BCUT2D eigenvalue weighted by Gasteiger charge is -2.07. The van der Waals surface area contributed by atoms with Gasteiger partial charge in [0.05, 0.1) is 0 Å². The van der Waals surface area contributed by atoms with Gasteiger partial charge in [-0.15, -0.1) is 0 Å². The van der Waals surface area contributed by atoms with E-state index in [1.807, 2.05) is 6.92 Å². The maximum Gasteiger partial charge on any atom is 0.303 e. The van der Waals surface area contributed by atoms with Crippen LogP contribution in [-0.4, -0.2) is 50.3 Å². The van der Waals surface area contributed by atoms with Gasteiger partial charge in [-0.1, -0.05) is 13.3 Å². The van der Waals surface area contributed by atoms with E-state index in [0.717, 1.165) is 32.4 Å². The van der Waals surface area contributed by atoms with E-state index in [1.165, 1.54) is 0 Å². The van der Waals surface area contributed by atoms with Gasteiger partial charge >= 0.3 is 5.97 Å². The van der Waals surface area contributed by atoms with Crippen molar-refractivity contribution in [2.24, 2.45) is 0 Å². The average Bonchev–Trinajstić information content (AvgIpc) is 2.15. The van der Waals surface area contributed by atoms with Crippen LogP contribution in [0.1, 0.15) is 32.6 Å². The molecule has 0 aliphatic rings. The fourth-order valence-corrected chi connectivity index (χ4v) is 0.853. The SMILES string of the molecule is CCCCC(=O)O.COCCCN(C)C. The minimum Gasteiger partial charge on any atom is -0.481 e. The van der Waals surface area contributed by atoms with Gasteiger partial charge in [0, 0.05) is 20.1 Å². The zero-order valence-corrected chi connectivity index (χ0v) is 10.5. The Labute approximate surface area is 93.2 Å². The van der Waals surface area contributed by atoms with E-state index in [0.29, 0.717) is 6.42 Å². The van der Waals surface area contributed by atoms with E-state index in [1.54, 1.807) is 7.11 Å². The van der Waals surface area contributed by atoms with Gasteiger partial charge in [0.2, 0.25) is 0 Å². The lowest BCUT2D eigenvalue weighted by atomic mass is 10.3. The molecule has 4 heteroatoms. The van der Waals surface area contributed by atoms with Crippen molar-refractivity contribution in [3.63, 3.8) is 0 Å². The topological polar surface area (TPSA) is 49.8 Å². The second-order valence-electron chi connectivity index (χ2n) is 3.65. The van der Waals surface area contributed by atoms with Gasteiger partial charge in [-0.2, -0.15) is 0 Å². The third-order valence-corrected chi connectivity index (χ3v) is 1.70. The first-order valence-corrected chi connectivity index (χ1v) is 5.40. The lowest BCUT2D eigenvalue weighted by molar-refractivity contribution is -0.137. The predicted molar refractivity (Wildman–Crippen MR) is 62.2 cm³/mol. The van der Waals surface area contributed by atoms with Crippen LogP contribution < -0.4 is 0 Å². The van der Waals surface area contributed by atoms with Crippen LogP contribution in [0, 0.1) is 0 Å². The van der Waals surface area contributed by atoms with Crippen molar-refractivity contribution in [1.29, 1.82) is 0 Å². The summed E-state index contributed by atoms with van der Waals surface area (Å²) in [6, 6.07) is 0. The monoisotopic (exact) mass is 219 g/mol. The smallest absolute Gasteiger partial charge is 0.303 e. The molecule has 0 bridgehead atoms. The number of ether oxygens (including phenoxy) is 1. The first kappa shape index (κ1) is 16.8. The van der Waals surface area contributed by atoms with Gasteiger partial charge in [-0.25, -0.2) is 0 Å². The first-order valence-electron chi connectivity index (χ1n) is 5.40. The minimum atomic E-state index is -0.693. The molecule has 4 nitrogen and oxygen atoms in total. The number of carboxylic acids is 1. The van der Waals surface area contributed by atoms with E-state index in [-0.39, 0.29) is 0 Å². The van der Waals surface area contributed by atoms with Gasteiger partial charge in [-0.05, 0) is 33.5 Å². The van der Waals surface area contributed by atoms with Crippen LogP contribution >= 0.6 is 0 Å². The van der Waals surface area contributed by atoms with Crippen molar-refractivity contribution in [1.82, 2.24) is 4.90 Å². The van der Waals surface area contributed by atoms with E-state index < -0.39 is 5.97 Å². The number of carboxylic acid groups (broad SMARTS) is 1. The summed E-state index contributed by atoms with van der Waals surface area (Å²) in [7, 11) is 5.86. The van der Waals surface area contributed by atoms with Crippen LogP contribution in [-0.2, 0) is 9.53 Å². The Balaban J connectivity index is 0. The molecule has 0 aromatic heterocycles. The highest BCUT2D eigenvalue weighted by molar-refractivity contribution is 5.66. The van der Waals surface area contributed by atoms with Crippen molar-refractivity contribution < 1.29 is 14.6 Å². The van der Waals surface area contributed by atoms with E-state index in [2.05, 4.69) is 19.0 Å².